The van der Waals surface area contributed by atoms with Crippen LogP contribution >= 0.6 is 23.2 Å². The second kappa shape index (κ2) is 6.41. The average molecular weight is 304 g/mol. The zero-order chi connectivity index (χ0) is 13.8. The maximum atomic E-state index is 10.9. The molecule has 1 aliphatic carbocycles. The normalized spacial score (nSPS) is 14.4. The van der Waals surface area contributed by atoms with Crippen molar-refractivity contribution >= 4 is 34.6 Å². The van der Waals surface area contributed by atoms with E-state index in [1.165, 1.54) is 25.0 Å². The average Bonchev–Trinajstić information content (AvgIpc) is 3.16. The van der Waals surface area contributed by atoms with Gasteiger partial charge >= 0.3 is 0 Å². The molecule has 1 aromatic carbocycles. The summed E-state index contributed by atoms with van der Waals surface area (Å²) >= 11 is 11.7. The molecule has 0 amide bonds. The second-order valence-corrected chi connectivity index (χ2v) is 5.36. The third-order valence-electron chi connectivity index (χ3n) is 2.91. The predicted octanol–water partition coefficient (Wildman–Crippen LogP) is 3.46. The SMILES string of the molecule is O=[N+]([O-])c1cc(Cl)c(Cl)cc1NCCCNC1CC1. The van der Waals surface area contributed by atoms with E-state index in [4.69, 9.17) is 23.2 Å². The molecule has 0 heterocycles. The van der Waals surface area contributed by atoms with E-state index in [1.807, 2.05) is 0 Å². The molecule has 0 aliphatic heterocycles. The topological polar surface area (TPSA) is 67.2 Å². The molecule has 0 unspecified atom stereocenters. The van der Waals surface area contributed by atoms with Crippen LogP contribution in [-0.2, 0) is 0 Å². The van der Waals surface area contributed by atoms with Gasteiger partial charge < -0.3 is 10.6 Å². The van der Waals surface area contributed by atoms with Gasteiger partial charge in [0.1, 0.15) is 5.69 Å². The fraction of sp³-hybridized carbons (Fsp3) is 0.500. The van der Waals surface area contributed by atoms with Gasteiger partial charge in [-0.15, -0.1) is 0 Å². The van der Waals surface area contributed by atoms with E-state index >= 15 is 0 Å². The lowest BCUT2D eigenvalue weighted by Crippen LogP contribution is -2.20. The molecule has 0 atom stereocenters. The van der Waals surface area contributed by atoms with Gasteiger partial charge in [0.2, 0.25) is 0 Å². The number of anilines is 1. The number of hydrogen-bond donors (Lipinski definition) is 2. The first-order chi connectivity index (χ1) is 9.08. The van der Waals surface area contributed by atoms with Crippen LogP contribution in [0.15, 0.2) is 12.1 Å². The summed E-state index contributed by atoms with van der Waals surface area (Å²) in [5.74, 6) is 0. The highest BCUT2D eigenvalue weighted by Gasteiger charge is 2.20. The Kier molecular flexibility index (Phi) is 4.85. The lowest BCUT2D eigenvalue weighted by molar-refractivity contribution is -0.383. The van der Waals surface area contributed by atoms with Crippen molar-refractivity contribution in [3.63, 3.8) is 0 Å². The fourth-order valence-corrected chi connectivity index (χ4v) is 2.06. The molecule has 1 saturated carbocycles. The summed E-state index contributed by atoms with van der Waals surface area (Å²) < 4.78 is 0. The fourth-order valence-electron chi connectivity index (χ4n) is 1.73. The van der Waals surface area contributed by atoms with Crippen molar-refractivity contribution in [2.24, 2.45) is 0 Å². The van der Waals surface area contributed by atoms with Crippen LogP contribution in [0.1, 0.15) is 19.3 Å². The van der Waals surface area contributed by atoms with Crippen molar-refractivity contribution in [3.8, 4) is 0 Å². The molecule has 1 fully saturated rings. The van der Waals surface area contributed by atoms with Gasteiger partial charge in [-0.25, -0.2) is 0 Å². The quantitative estimate of drug-likeness (QED) is 0.460. The van der Waals surface area contributed by atoms with E-state index in [1.54, 1.807) is 0 Å². The first kappa shape index (κ1) is 14.4. The van der Waals surface area contributed by atoms with Gasteiger partial charge in [-0.2, -0.15) is 0 Å². The lowest BCUT2D eigenvalue weighted by Gasteiger charge is -2.08. The van der Waals surface area contributed by atoms with E-state index < -0.39 is 4.92 Å². The number of rotatable bonds is 7. The van der Waals surface area contributed by atoms with Crippen molar-refractivity contribution in [1.82, 2.24) is 5.32 Å². The van der Waals surface area contributed by atoms with Crippen LogP contribution in [0.3, 0.4) is 0 Å². The maximum Gasteiger partial charge on any atom is 0.293 e. The Morgan fingerprint density at radius 2 is 1.95 bits per heavy atom. The van der Waals surface area contributed by atoms with E-state index in [0.29, 0.717) is 23.3 Å². The number of nitrogens with one attached hydrogen (secondary N) is 2. The Labute approximate surface area is 121 Å². The molecule has 2 rings (SSSR count). The van der Waals surface area contributed by atoms with Gasteiger partial charge in [0.15, 0.2) is 0 Å². The first-order valence-electron chi connectivity index (χ1n) is 6.18. The lowest BCUT2D eigenvalue weighted by atomic mass is 10.2. The van der Waals surface area contributed by atoms with Gasteiger partial charge in [0.25, 0.3) is 5.69 Å². The molecule has 19 heavy (non-hydrogen) atoms. The molecule has 2 N–H and O–H groups in total. The summed E-state index contributed by atoms with van der Waals surface area (Å²) in [7, 11) is 0. The Morgan fingerprint density at radius 3 is 2.58 bits per heavy atom. The highest BCUT2D eigenvalue weighted by Crippen LogP contribution is 2.33. The van der Waals surface area contributed by atoms with E-state index in [9.17, 15) is 10.1 Å². The molecule has 1 aromatic rings. The molecule has 0 saturated heterocycles. The Hall–Kier alpha value is -1.04. The number of hydrogen-bond acceptors (Lipinski definition) is 4. The molecule has 0 spiro atoms. The van der Waals surface area contributed by atoms with E-state index in [-0.39, 0.29) is 10.7 Å². The third kappa shape index (κ3) is 4.23. The highest BCUT2D eigenvalue weighted by atomic mass is 35.5. The van der Waals surface area contributed by atoms with Crippen molar-refractivity contribution in [3.05, 3.63) is 32.3 Å². The smallest absolute Gasteiger partial charge is 0.293 e. The second-order valence-electron chi connectivity index (χ2n) is 4.55. The molecular weight excluding hydrogens is 289 g/mol. The molecule has 7 heteroatoms. The van der Waals surface area contributed by atoms with Crippen molar-refractivity contribution in [1.29, 1.82) is 0 Å². The summed E-state index contributed by atoms with van der Waals surface area (Å²) in [4.78, 5) is 10.5. The van der Waals surface area contributed by atoms with Crippen molar-refractivity contribution in [2.45, 2.75) is 25.3 Å². The Bertz CT molecular complexity index is 478. The van der Waals surface area contributed by atoms with Crippen LogP contribution in [0, 0.1) is 10.1 Å². The molecule has 5 nitrogen and oxygen atoms in total. The maximum absolute atomic E-state index is 10.9. The molecule has 104 valence electrons. The molecular formula is C12H15Cl2N3O2. The summed E-state index contributed by atoms with van der Waals surface area (Å²) in [6.07, 6.45) is 3.41. The highest BCUT2D eigenvalue weighted by molar-refractivity contribution is 6.42. The molecule has 0 bridgehead atoms. The zero-order valence-electron chi connectivity index (χ0n) is 10.3. The molecule has 0 radical (unpaired) electrons. The molecule has 1 aliphatic rings. The summed E-state index contributed by atoms with van der Waals surface area (Å²) in [5.41, 5.74) is 0.357. The summed E-state index contributed by atoms with van der Waals surface area (Å²) in [5, 5.41) is 17.8. The van der Waals surface area contributed by atoms with Gasteiger partial charge in [-0.05, 0) is 31.9 Å². The van der Waals surface area contributed by atoms with E-state index in [0.717, 1.165) is 13.0 Å². The Balaban J connectivity index is 1.89. The zero-order valence-corrected chi connectivity index (χ0v) is 11.8. The number of nitro benzene ring substituents is 1. The van der Waals surface area contributed by atoms with Gasteiger partial charge in [0, 0.05) is 18.7 Å². The van der Waals surface area contributed by atoms with E-state index in [2.05, 4.69) is 10.6 Å². The van der Waals surface area contributed by atoms with Gasteiger partial charge in [0.05, 0.1) is 15.0 Å². The predicted molar refractivity (Wildman–Crippen MR) is 77.2 cm³/mol. The molecule has 0 aromatic heterocycles. The van der Waals surface area contributed by atoms with Crippen molar-refractivity contribution < 1.29 is 4.92 Å². The largest absolute Gasteiger partial charge is 0.379 e. The number of nitro groups is 1. The minimum Gasteiger partial charge on any atom is -0.379 e. The van der Waals surface area contributed by atoms with Crippen molar-refractivity contribution in [2.75, 3.05) is 18.4 Å². The minimum atomic E-state index is -0.465. The Morgan fingerprint density at radius 1 is 1.26 bits per heavy atom. The van der Waals surface area contributed by atoms with Gasteiger partial charge in [-0.1, -0.05) is 23.2 Å². The van der Waals surface area contributed by atoms with Crippen LogP contribution < -0.4 is 10.6 Å². The minimum absolute atomic E-state index is 0.0513. The van der Waals surface area contributed by atoms with Crippen LogP contribution in [0.5, 0.6) is 0 Å². The first-order valence-corrected chi connectivity index (χ1v) is 6.94. The van der Waals surface area contributed by atoms with Gasteiger partial charge in [-0.3, -0.25) is 10.1 Å². The van der Waals surface area contributed by atoms with Crippen LogP contribution in [-0.4, -0.2) is 24.1 Å². The standard InChI is InChI=1S/C12H15Cl2N3O2/c13-9-6-11(12(17(18)19)7-10(9)14)16-5-1-4-15-8-2-3-8/h6-8,15-16H,1-5H2. The van der Waals surface area contributed by atoms with Crippen LogP contribution in [0.25, 0.3) is 0 Å². The third-order valence-corrected chi connectivity index (χ3v) is 3.64. The number of benzene rings is 1. The number of halogens is 2. The van der Waals surface area contributed by atoms with Crippen LogP contribution in [0.4, 0.5) is 11.4 Å². The summed E-state index contributed by atoms with van der Waals surface area (Å²) in [6.45, 7) is 1.56. The van der Waals surface area contributed by atoms with Crippen LogP contribution in [0.2, 0.25) is 10.0 Å². The number of nitrogens with zero attached hydrogens (tertiary/aromatic N) is 1. The monoisotopic (exact) mass is 303 g/mol. The summed E-state index contributed by atoms with van der Waals surface area (Å²) in [6, 6.07) is 3.45.